The van der Waals surface area contributed by atoms with E-state index in [1.54, 1.807) is 10.5 Å². The Kier molecular flexibility index (Phi) is 8.93. The second-order valence-corrected chi connectivity index (χ2v) is 14.3. The summed E-state index contributed by atoms with van der Waals surface area (Å²) in [6, 6.07) is 14.3. The van der Waals surface area contributed by atoms with E-state index in [0.717, 1.165) is 0 Å². The van der Waals surface area contributed by atoms with Gasteiger partial charge in [-0.15, -0.1) is 0 Å². The minimum absolute atomic E-state index is 0. The molecule has 0 saturated carbocycles. The van der Waals surface area contributed by atoms with Gasteiger partial charge in [-0.2, -0.15) is 0 Å². The molecular formula is C27H37O2Sb. The van der Waals surface area contributed by atoms with Gasteiger partial charge in [0.2, 0.25) is 0 Å². The third-order valence-corrected chi connectivity index (χ3v) is 15.4. The zero-order valence-corrected chi connectivity index (χ0v) is 22.5. The van der Waals surface area contributed by atoms with Crippen molar-refractivity contribution in [1.82, 2.24) is 0 Å². The zero-order valence-electron chi connectivity index (χ0n) is 19.9. The summed E-state index contributed by atoms with van der Waals surface area (Å²) in [4.78, 5) is 0. The van der Waals surface area contributed by atoms with Crippen molar-refractivity contribution in [3.05, 3.63) is 86.5 Å². The van der Waals surface area contributed by atoms with E-state index in [0.29, 0.717) is 0 Å². The maximum absolute atomic E-state index is 2.39. The molecule has 2 nitrogen and oxygen atoms in total. The molecule has 162 valence electrons. The van der Waals surface area contributed by atoms with Gasteiger partial charge in [0, 0.05) is 0 Å². The van der Waals surface area contributed by atoms with E-state index < -0.39 is 20.2 Å². The smallest absolute Gasteiger partial charge is 0.412 e. The molecule has 30 heavy (non-hydrogen) atoms. The standard InChI is InChI=1S/3C9H11.2H2O.Sb/c3*1-7-4-8(2)6-9(3)5-7;;;/h3*4-5H,1-3H3;2*1H2;. The molecule has 0 aliphatic heterocycles. The van der Waals surface area contributed by atoms with Crippen LogP contribution in [0.5, 0.6) is 0 Å². The molecule has 4 N–H and O–H groups in total. The van der Waals surface area contributed by atoms with Crippen LogP contribution in [0.2, 0.25) is 0 Å². The van der Waals surface area contributed by atoms with E-state index in [2.05, 4.69) is 98.7 Å². The second-order valence-electron chi connectivity index (χ2n) is 8.58. The minimum atomic E-state index is -2.21. The fourth-order valence-electron chi connectivity index (χ4n) is 4.91. The Morgan fingerprint density at radius 3 is 0.700 bits per heavy atom. The van der Waals surface area contributed by atoms with Gasteiger partial charge in [0.25, 0.3) is 0 Å². The number of benzene rings is 3. The van der Waals surface area contributed by atoms with Crippen LogP contribution in [0, 0.1) is 62.3 Å². The first-order valence-corrected chi connectivity index (χ1v) is 14.0. The molecule has 0 unspecified atom stereocenters. The van der Waals surface area contributed by atoms with Gasteiger partial charge in [-0.25, -0.2) is 0 Å². The third-order valence-electron chi connectivity index (χ3n) is 5.58. The minimum Gasteiger partial charge on any atom is -0.412 e. The van der Waals surface area contributed by atoms with Crippen molar-refractivity contribution in [1.29, 1.82) is 0 Å². The molecule has 0 aliphatic rings. The Hall–Kier alpha value is -1.60. The number of rotatable bonds is 3. The molecule has 0 radical (unpaired) electrons. The van der Waals surface area contributed by atoms with Crippen molar-refractivity contribution in [2.75, 3.05) is 0 Å². The van der Waals surface area contributed by atoms with Gasteiger partial charge in [0.1, 0.15) is 0 Å². The van der Waals surface area contributed by atoms with E-state index in [4.69, 9.17) is 0 Å². The number of aryl methyl sites for hydroxylation is 9. The molecule has 0 atom stereocenters. The van der Waals surface area contributed by atoms with Crippen LogP contribution >= 0.6 is 0 Å². The molecule has 3 aromatic carbocycles. The van der Waals surface area contributed by atoms with Crippen LogP contribution in [0.3, 0.4) is 0 Å². The van der Waals surface area contributed by atoms with Gasteiger partial charge in [0.15, 0.2) is 0 Å². The van der Waals surface area contributed by atoms with Crippen molar-refractivity contribution in [3.8, 4) is 0 Å². The fourth-order valence-corrected chi connectivity index (χ4v) is 14.0. The van der Waals surface area contributed by atoms with E-state index in [-0.39, 0.29) is 11.0 Å². The van der Waals surface area contributed by atoms with Crippen molar-refractivity contribution in [2.24, 2.45) is 0 Å². The van der Waals surface area contributed by atoms with Gasteiger partial charge in [-0.3, -0.25) is 0 Å². The van der Waals surface area contributed by atoms with Gasteiger partial charge >= 0.3 is 180 Å². The summed E-state index contributed by atoms with van der Waals surface area (Å²) in [7, 11) is 0. The monoisotopic (exact) mass is 514 g/mol. The van der Waals surface area contributed by atoms with Gasteiger partial charge in [-0.05, 0) is 0 Å². The molecular weight excluding hydrogens is 478 g/mol. The number of hydrogen-bond donors (Lipinski definition) is 0. The van der Waals surface area contributed by atoms with Crippen LogP contribution in [0.1, 0.15) is 50.1 Å². The Morgan fingerprint density at radius 2 is 0.533 bits per heavy atom. The summed E-state index contributed by atoms with van der Waals surface area (Å²) >= 11 is -2.21. The van der Waals surface area contributed by atoms with Crippen LogP contribution < -0.4 is 10.5 Å². The molecule has 0 saturated heterocycles. The first kappa shape index (κ1) is 26.4. The molecule has 0 spiro atoms. The topological polar surface area (TPSA) is 63.0 Å². The summed E-state index contributed by atoms with van der Waals surface area (Å²) in [5.41, 5.74) is 12.9. The maximum atomic E-state index is 2.39. The normalized spacial score (nSPS) is 10.6. The summed E-state index contributed by atoms with van der Waals surface area (Å²) in [6.07, 6.45) is 0. The summed E-state index contributed by atoms with van der Waals surface area (Å²) < 4.78 is 4.95. The van der Waals surface area contributed by atoms with Crippen molar-refractivity contribution >= 4 is 30.7 Å². The van der Waals surface area contributed by atoms with Crippen LogP contribution in [0.25, 0.3) is 0 Å². The SMILES string of the molecule is Cc1cc(C)[c]([Sb]([c]2c(C)cc(C)cc2C)[c]2c(C)cc(C)cc2C)c(C)c1.O.O. The average molecular weight is 515 g/mol. The van der Waals surface area contributed by atoms with Gasteiger partial charge in [0.05, 0.1) is 0 Å². The van der Waals surface area contributed by atoms with Crippen molar-refractivity contribution in [3.63, 3.8) is 0 Å². The third kappa shape index (κ3) is 4.99. The second kappa shape index (κ2) is 10.1. The van der Waals surface area contributed by atoms with E-state index >= 15 is 0 Å². The van der Waals surface area contributed by atoms with Gasteiger partial charge < -0.3 is 11.0 Å². The summed E-state index contributed by atoms with van der Waals surface area (Å²) in [6.45, 7) is 20.6. The average Bonchev–Trinajstić information content (AvgIpc) is 2.51. The first-order chi connectivity index (χ1) is 13.1. The van der Waals surface area contributed by atoms with E-state index in [1.807, 2.05) is 0 Å². The van der Waals surface area contributed by atoms with Crippen molar-refractivity contribution < 1.29 is 11.0 Å². The predicted octanol–water partition coefficient (Wildman–Crippen LogP) is 3.33. The predicted molar refractivity (Wildman–Crippen MR) is 134 cm³/mol. The molecule has 0 fully saturated rings. The fraction of sp³-hybridized carbons (Fsp3) is 0.333. The van der Waals surface area contributed by atoms with E-state index in [1.165, 1.54) is 50.1 Å². The Balaban J connectivity index is 0.00000225. The molecule has 0 heterocycles. The molecule has 3 rings (SSSR count). The number of hydrogen-bond acceptors (Lipinski definition) is 0. The van der Waals surface area contributed by atoms with Crippen molar-refractivity contribution in [2.45, 2.75) is 62.3 Å². The molecule has 0 bridgehead atoms. The molecule has 0 aliphatic carbocycles. The maximum Gasteiger partial charge on any atom is -0.412 e. The molecule has 3 aromatic rings. The summed E-state index contributed by atoms with van der Waals surface area (Å²) in [5, 5.41) is 0. The van der Waals surface area contributed by atoms with E-state index in [9.17, 15) is 0 Å². The molecule has 0 amide bonds. The Bertz CT molecular complexity index is 861. The van der Waals surface area contributed by atoms with Crippen LogP contribution in [0.15, 0.2) is 36.4 Å². The first-order valence-electron chi connectivity index (χ1n) is 10.1. The summed E-state index contributed by atoms with van der Waals surface area (Å²) in [5.74, 6) is 0. The quantitative estimate of drug-likeness (QED) is 0.481. The van der Waals surface area contributed by atoms with Gasteiger partial charge in [-0.1, -0.05) is 0 Å². The van der Waals surface area contributed by atoms with Crippen LogP contribution in [0.4, 0.5) is 0 Å². The zero-order chi connectivity index (χ0) is 20.7. The Morgan fingerprint density at radius 1 is 0.367 bits per heavy atom. The Labute approximate surface area is 189 Å². The largest absolute Gasteiger partial charge is 0.412 e. The molecule has 3 heteroatoms. The van der Waals surface area contributed by atoms with Crippen LogP contribution in [-0.4, -0.2) is 31.2 Å². The van der Waals surface area contributed by atoms with Crippen LogP contribution in [-0.2, 0) is 0 Å². The molecule has 0 aromatic heterocycles.